The fourth-order valence-corrected chi connectivity index (χ4v) is 2.16. The number of hydrogen-bond acceptors (Lipinski definition) is 2. The van der Waals surface area contributed by atoms with Gasteiger partial charge in [-0.05, 0) is 29.6 Å². The fraction of sp³-hybridized carbons (Fsp3) is 0.167. The molecule has 0 N–H and O–H groups in total. The summed E-state index contributed by atoms with van der Waals surface area (Å²) >= 11 is 7.35. The quantitative estimate of drug-likeness (QED) is 0.745. The van der Waals surface area contributed by atoms with E-state index in [9.17, 15) is 4.39 Å². The molecule has 2 aromatic rings. The maximum atomic E-state index is 12.9. The molecule has 0 aliphatic rings. The molecule has 2 rings (SSSR count). The Hall–Kier alpha value is -1.06. The largest absolute Gasteiger partial charge is 0.488 e. The molecule has 0 saturated carbocycles. The number of alkyl halides is 1. The molecular formula is C12H10ClFOS. The van der Waals surface area contributed by atoms with E-state index in [1.54, 1.807) is 17.4 Å². The smallest absolute Gasteiger partial charge is 0.124 e. The molecule has 4 heteroatoms. The molecule has 0 aliphatic carbocycles. The lowest BCUT2D eigenvalue weighted by molar-refractivity contribution is 0.307. The fourth-order valence-electron chi connectivity index (χ4n) is 1.34. The summed E-state index contributed by atoms with van der Waals surface area (Å²) in [6.07, 6.45) is 0. The standard InChI is InChI=1S/C12H10ClFOS/c13-7-9-6-10(14)3-4-12(9)15-8-11-2-1-5-16-11/h1-6H,7-8H2. The molecule has 0 radical (unpaired) electrons. The number of ether oxygens (including phenoxy) is 1. The van der Waals surface area contributed by atoms with Crippen LogP contribution in [0.5, 0.6) is 5.75 Å². The van der Waals surface area contributed by atoms with Crippen molar-refractivity contribution in [2.24, 2.45) is 0 Å². The zero-order valence-electron chi connectivity index (χ0n) is 8.45. The summed E-state index contributed by atoms with van der Waals surface area (Å²) in [5.74, 6) is 0.598. The van der Waals surface area contributed by atoms with Gasteiger partial charge in [-0.25, -0.2) is 4.39 Å². The molecule has 0 amide bonds. The first-order valence-electron chi connectivity index (χ1n) is 4.79. The van der Waals surface area contributed by atoms with Crippen molar-refractivity contribution in [3.63, 3.8) is 0 Å². The number of rotatable bonds is 4. The first-order valence-corrected chi connectivity index (χ1v) is 6.20. The van der Waals surface area contributed by atoms with Crippen LogP contribution in [0.3, 0.4) is 0 Å². The molecule has 0 aliphatic heterocycles. The van der Waals surface area contributed by atoms with Crippen molar-refractivity contribution in [3.8, 4) is 5.75 Å². The maximum Gasteiger partial charge on any atom is 0.124 e. The Bertz CT molecular complexity index is 456. The summed E-state index contributed by atoms with van der Waals surface area (Å²) in [7, 11) is 0. The van der Waals surface area contributed by atoms with E-state index in [-0.39, 0.29) is 11.7 Å². The Kier molecular flexibility index (Phi) is 3.80. The van der Waals surface area contributed by atoms with Crippen LogP contribution < -0.4 is 4.74 Å². The molecule has 16 heavy (non-hydrogen) atoms. The summed E-state index contributed by atoms with van der Waals surface area (Å²) in [4.78, 5) is 1.13. The number of benzene rings is 1. The second-order valence-electron chi connectivity index (χ2n) is 3.25. The van der Waals surface area contributed by atoms with Gasteiger partial charge in [-0.15, -0.1) is 22.9 Å². The van der Waals surface area contributed by atoms with E-state index < -0.39 is 0 Å². The van der Waals surface area contributed by atoms with Gasteiger partial charge in [-0.1, -0.05) is 6.07 Å². The molecule has 0 fully saturated rings. The van der Waals surface area contributed by atoms with Gasteiger partial charge < -0.3 is 4.74 Å². The first-order chi connectivity index (χ1) is 7.79. The number of halogens is 2. The van der Waals surface area contributed by atoms with E-state index in [0.29, 0.717) is 17.9 Å². The zero-order valence-corrected chi connectivity index (χ0v) is 10.0. The van der Waals surface area contributed by atoms with Gasteiger partial charge in [0.05, 0.1) is 5.88 Å². The van der Waals surface area contributed by atoms with E-state index in [1.807, 2.05) is 17.5 Å². The Labute approximate surface area is 102 Å². The average Bonchev–Trinajstić information content (AvgIpc) is 2.80. The van der Waals surface area contributed by atoms with Crippen molar-refractivity contribution in [1.29, 1.82) is 0 Å². The van der Waals surface area contributed by atoms with Crippen LogP contribution in [0.4, 0.5) is 4.39 Å². The van der Waals surface area contributed by atoms with Gasteiger partial charge in [-0.2, -0.15) is 0 Å². The highest BCUT2D eigenvalue weighted by Crippen LogP contribution is 2.23. The third-order valence-corrected chi connectivity index (χ3v) is 3.25. The minimum absolute atomic E-state index is 0.248. The van der Waals surface area contributed by atoms with Gasteiger partial charge in [0.1, 0.15) is 18.2 Å². The van der Waals surface area contributed by atoms with Crippen LogP contribution in [0.15, 0.2) is 35.7 Å². The predicted octanol–water partition coefficient (Wildman–Crippen LogP) is 4.21. The molecule has 1 nitrogen and oxygen atoms in total. The summed E-state index contributed by atoms with van der Waals surface area (Å²) in [6.45, 7) is 0.493. The van der Waals surface area contributed by atoms with Crippen molar-refractivity contribution < 1.29 is 9.13 Å². The molecule has 84 valence electrons. The van der Waals surface area contributed by atoms with E-state index in [1.165, 1.54) is 12.1 Å². The van der Waals surface area contributed by atoms with Crippen LogP contribution >= 0.6 is 22.9 Å². The molecule has 0 bridgehead atoms. The lowest BCUT2D eigenvalue weighted by Crippen LogP contribution is -1.96. The molecule has 0 atom stereocenters. The van der Waals surface area contributed by atoms with Gasteiger partial charge in [0.25, 0.3) is 0 Å². The van der Waals surface area contributed by atoms with Gasteiger partial charge in [0, 0.05) is 10.4 Å². The molecule has 1 aromatic heterocycles. The zero-order chi connectivity index (χ0) is 11.4. The van der Waals surface area contributed by atoms with E-state index in [0.717, 1.165) is 4.88 Å². The van der Waals surface area contributed by atoms with Crippen LogP contribution in [0.1, 0.15) is 10.4 Å². The predicted molar refractivity (Wildman–Crippen MR) is 64.6 cm³/mol. The molecule has 0 saturated heterocycles. The average molecular weight is 257 g/mol. The van der Waals surface area contributed by atoms with Crippen molar-refractivity contribution in [2.45, 2.75) is 12.5 Å². The van der Waals surface area contributed by atoms with Crippen LogP contribution in [-0.4, -0.2) is 0 Å². The Morgan fingerprint density at radius 1 is 1.31 bits per heavy atom. The first kappa shape index (κ1) is 11.4. The second-order valence-corrected chi connectivity index (χ2v) is 4.55. The van der Waals surface area contributed by atoms with Gasteiger partial charge >= 0.3 is 0 Å². The van der Waals surface area contributed by atoms with Crippen molar-refractivity contribution in [1.82, 2.24) is 0 Å². The molecule has 0 spiro atoms. The van der Waals surface area contributed by atoms with Gasteiger partial charge in [-0.3, -0.25) is 0 Å². The van der Waals surface area contributed by atoms with Gasteiger partial charge in [0.15, 0.2) is 0 Å². The Balaban J connectivity index is 2.09. The van der Waals surface area contributed by atoms with Crippen LogP contribution in [-0.2, 0) is 12.5 Å². The lowest BCUT2D eigenvalue weighted by Gasteiger charge is -2.08. The third-order valence-electron chi connectivity index (χ3n) is 2.12. The van der Waals surface area contributed by atoms with Crippen LogP contribution in [0.2, 0.25) is 0 Å². The van der Waals surface area contributed by atoms with Crippen molar-refractivity contribution >= 4 is 22.9 Å². The number of hydrogen-bond donors (Lipinski definition) is 0. The van der Waals surface area contributed by atoms with E-state index in [4.69, 9.17) is 16.3 Å². The molecule has 1 aromatic carbocycles. The highest BCUT2D eigenvalue weighted by atomic mass is 35.5. The minimum Gasteiger partial charge on any atom is -0.488 e. The molecule has 1 heterocycles. The Morgan fingerprint density at radius 2 is 2.19 bits per heavy atom. The van der Waals surface area contributed by atoms with Gasteiger partial charge in [0.2, 0.25) is 0 Å². The third kappa shape index (κ3) is 2.74. The van der Waals surface area contributed by atoms with E-state index in [2.05, 4.69) is 0 Å². The molecular weight excluding hydrogens is 247 g/mol. The highest BCUT2D eigenvalue weighted by molar-refractivity contribution is 7.09. The summed E-state index contributed by atoms with van der Waals surface area (Å²) < 4.78 is 18.5. The van der Waals surface area contributed by atoms with E-state index >= 15 is 0 Å². The van der Waals surface area contributed by atoms with Crippen molar-refractivity contribution in [2.75, 3.05) is 0 Å². The maximum absolute atomic E-state index is 12.9. The normalized spacial score (nSPS) is 10.4. The summed E-state index contributed by atoms with van der Waals surface area (Å²) in [6, 6.07) is 8.35. The monoisotopic (exact) mass is 256 g/mol. The number of thiophene rings is 1. The summed E-state index contributed by atoms with van der Waals surface area (Å²) in [5, 5.41) is 1.99. The van der Waals surface area contributed by atoms with Crippen LogP contribution in [0.25, 0.3) is 0 Å². The van der Waals surface area contributed by atoms with Crippen LogP contribution in [0, 0.1) is 5.82 Å². The topological polar surface area (TPSA) is 9.23 Å². The second kappa shape index (κ2) is 5.32. The Morgan fingerprint density at radius 3 is 2.88 bits per heavy atom. The lowest BCUT2D eigenvalue weighted by atomic mass is 10.2. The van der Waals surface area contributed by atoms with Crippen molar-refractivity contribution in [3.05, 3.63) is 52.0 Å². The molecule has 0 unspecified atom stereocenters. The summed E-state index contributed by atoms with van der Waals surface area (Å²) in [5.41, 5.74) is 0.679. The minimum atomic E-state index is -0.292. The highest BCUT2D eigenvalue weighted by Gasteiger charge is 2.05. The SMILES string of the molecule is Fc1ccc(OCc2cccs2)c(CCl)c1.